The van der Waals surface area contributed by atoms with Crippen LogP contribution in [0.4, 0.5) is 5.69 Å². The zero-order chi connectivity index (χ0) is 17.2. The first-order valence-corrected chi connectivity index (χ1v) is 8.58. The lowest BCUT2D eigenvalue weighted by molar-refractivity contribution is -0.384. The summed E-state index contributed by atoms with van der Waals surface area (Å²) < 4.78 is 7.11. The van der Waals surface area contributed by atoms with Crippen LogP contribution in [-0.2, 0) is 14.4 Å². The van der Waals surface area contributed by atoms with Crippen LogP contribution >= 0.6 is 11.9 Å². The van der Waals surface area contributed by atoms with E-state index < -0.39 is 4.92 Å². The van der Waals surface area contributed by atoms with Crippen LogP contribution in [0.25, 0.3) is 0 Å². The second-order valence-electron chi connectivity index (χ2n) is 5.24. The van der Waals surface area contributed by atoms with E-state index in [1.807, 2.05) is 0 Å². The summed E-state index contributed by atoms with van der Waals surface area (Å²) in [6.07, 6.45) is 3.19. The van der Waals surface area contributed by atoms with Crippen molar-refractivity contribution in [2.45, 2.75) is 30.3 Å². The number of hydrogen-bond donors (Lipinski definition) is 1. The van der Waals surface area contributed by atoms with E-state index in [1.54, 1.807) is 16.6 Å². The molecule has 1 saturated heterocycles. The van der Waals surface area contributed by atoms with E-state index in [0.29, 0.717) is 32.7 Å². The number of rotatable bonds is 10. The fraction of sp³-hybridized carbons (Fsp3) is 0.533. The summed E-state index contributed by atoms with van der Waals surface area (Å²) in [7, 11) is 0. The quantitative estimate of drug-likeness (QED) is 0.226. The van der Waals surface area contributed by atoms with Crippen LogP contribution in [0, 0.1) is 10.1 Å². The Bertz CT molecular complexity index is 522. The predicted octanol–water partition coefficient (Wildman–Crippen LogP) is 2.15. The molecule has 9 heteroatoms. The molecule has 1 fully saturated rings. The Hall–Kier alpha value is -1.68. The molecule has 1 aromatic carbocycles. The molecule has 1 amide bonds. The van der Waals surface area contributed by atoms with E-state index in [4.69, 9.17) is 9.57 Å². The molecule has 0 aliphatic carbocycles. The van der Waals surface area contributed by atoms with Crippen LogP contribution in [0.5, 0.6) is 0 Å². The van der Waals surface area contributed by atoms with Crippen LogP contribution in [0.15, 0.2) is 29.2 Å². The molecule has 1 N–H and O–H groups in total. The van der Waals surface area contributed by atoms with Gasteiger partial charge in [0, 0.05) is 43.3 Å². The van der Waals surface area contributed by atoms with Crippen molar-refractivity contribution in [3.8, 4) is 0 Å². The summed E-state index contributed by atoms with van der Waals surface area (Å²) in [6.45, 7) is 2.57. The number of hydrogen-bond acceptors (Lipinski definition) is 7. The highest BCUT2D eigenvalue weighted by atomic mass is 32.2. The molecule has 2 rings (SSSR count). The lowest BCUT2D eigenvalue weighted by Gasteiger charge is -2.28. The minimum Gasteiger partial charge on any atom is -0.381 e. The SMILES string of the molecule is O=CNCCCN(OC1CCOCC1)Sc1ccc([N+](=O)[O-])cc1. The van der Waals surface area contributed by atoms with Gasteiger partial charge in [0.05, 0.1) is 11.0 Å². The molecule has 0 saturated carbocycles. The lowest BCUT2D eigenvalue weighted by atomic mass is 10.2. The van der Waals surface area contributed by atoms with Crippen molar-refractivity contribution < 1.29 is 19.3 Å². The van der Waals surface area contributed by atoms with Crippen molar-refractivity contribution in [2.75, 3.05) is 26.3 Å². The van der Waals surface area contributed by atoms with Gasteiger partial charge in [0.25, 0.3) is 5.69 Å². The van der Waals surface area contributed by atoms with Crippen LogP contribution in [0.3, 0.4) is 0 Å². The van der Waals surface area contributed by atoms with Gasteiger partial charge in [0.1, 0.15) is 0 Å². The molecule has 0 spiro atoms. The Morgan fingerprint density at radius 1 is 1.38 bits per heavy atom. The third kappa shape index (κ3) is 6.44. The molecule has 24 heavy (non-hydrogen) atoms. The van der Waals surface area contributed by atoms with Gasteiger partial charge in [-0.1, -0.05) is 0 Å². The summed E-state index contributed by atoms with van der Waals surface area (Å²) in [5.74, 6) is 0. The summed E-state index contributed by atoms with van der Waals surface area (Å²) in [5.41, 5.74) is 0.0615. The Morgan fingerprint density at radius 3 is 2.71 bits per heavy atom. The maximum absolute atomic E-state index is 10.7. The normalized spacial score (nSPS) is 15.4. The number of amides is 1. The molecule has 0 bridgehead atoms. The number of non-ortho nitro benzene ring substituents is 1. The fourth-order valence-corrected chi connectivity index (χ4v) is 3.06. The molecule has 8 nitrogen and oxygen atoms in total. The van der Waals surface area contributed by atoms with Crippen molar-refractivity contribution in [1.82, 2.24) is 9.79 Å². The lowest BCUT2D eigenvalue weighted by Crippen LogP contribution is -2.31. The molecule has 1 aliphatic heterocycles. The van der Waals surface area contributed by atoms with Crippen molar-refractivity contribution in [2.24, 2.45) is 0 Å². The zero-order valence-electron chi connectivity index (χ0n) is 13.3. The van der Waals surface area contributed by atoms with Crippen molar-refractivity contribution in [1.29, 1.82) is 0 Å². The highest BCUT2D eigenvalue weighted by molar-refractivity contribution is 7.96. The van der Waals surface area contributed by atoms with Crippen molar-refractivity contribution in [3.05, 3.63) is 34.4 Å². The fourth-order valence-electron chi connectivity index (χ4n) is 2.18. The highest BCUT2D eigenvalue weighted by Gasteiger charge is 2.19. The van der Waals surface area contributed by atoms with Gasteiger partial charge in [-0.05, 0) is 43.3 Å². The van der Waals surface area contributed by atoms with Gasteiger partial charge in [-0.15, -0.1) is 4.47 Å². The average Bonchev–Trinajstić information content (AvgIpc) is 2.60. The second kappa shape index (κ2) is 10.2. The van der Waals surface area contributed by atoms with E-state index >= 15 is 0 Å². The van der Waals surface area contributed by atoms with Gasteiger partial charge in [-0.3, -0.25) is 19.7 Å². The molecule has 1 aromatic rings. The molecule has 1 aliphatic rings. The van der Waals surface area contributed by atoms with Crippen LogP contribution in [0.2, 0.25) is 0 Å². The molecule has 1 heterocycles. The number of nitrogens with one attached hydrogen (secondary N) is 1. The Balaban J connectivity index is 1.92. The van der Waals surface area contributed by atoms with Crippen LogP contribution in [0.1, 0.15) is 19.3 Å². The number of nitro groups is 1. The van der Waals surface area contributed by atoms with E-state index in [1.165, 1.54) is 24.1 Å². The van der Waals surface area contributed by atoms with E-state index in [0.717, 1.165) is 24.2 Å². The maximum atomic E-state index is 10.7. The predicted molar refractivity (Wildman–Crippen MR) is 89.3 cm³/mol. The van der Waals surface area contributed by atoms with Gasteiger partial charge < -0.3 is 10.1 Å². The third-order valence-corrected chi connectivity index (χ3v) is 4.39. The Kier molecular flexibility index (Phi) is 7.96. The largest absolute Gasteiger partial charge is 0.381 e. The smallest absolute Gasteiger partial charge is 0.269 e. The molecular weight excluding hydrogens is 334 g/mol. The second-order valence-corrected chi connectivity index (χ2v) is 6.30. The van der Waals surface area contributed by atoms with E-state index in [-0.39, 0.29) is 11.8 Å². The first-order chi connectivity index (χ1) is 11.7. The standard InChI is InChI=1S/C15H21N3O5S/c19-12-16-8-1-9-17(23-14-6-10-22-11-7-14)24-15-4-2-13(3-5-15)18(20)21/h2-5,12,14H,1,6-11H2,(H,16,19). The van der Waals surface area contributed by atoms with Gasteiger partial charge in [-0.2, -0.15) is 0 Å². The topological polar surface area (TPSA) is 93.9 Å². The monoisotopic (exact) mass is 355 g/mol. The highest BCUT2D eigenvalue weighted by Crippen LogP contribution is 2.27. The number of ether oxygens (including phenoxy) is 1. The number of nitrogens with zero attached hydrogens (tertiary/aromatic N) is 2. The zero-order valence-corrected chi connectivity index (χ0v) is 14.1. The van der Waals surface area contributed by atoms with E-state index in [2.05, 4.69) is 5.32 Å². The number of nitro benzene ring substituents is 1. The molecule has 0 atom stereocenters. The van der Waals surface area contributed by atoms with Crippen LogP contribution in [-0.4, -0.2) is 48.2 Å². The summed E-state index contributed by atoms with van der Waals surface area (Å²) in [6, 6.07) is 6.35. The Labute approximate surface area is 144 Å². The van der Waals surface area contributed by atoms with Gasteiger partial charge >= 0.3 is 0 Å². The minimum absolute atomic E-state index is 0.0615. The maximum Gasteiger partial charge on any atom is 0.269 e. The van der Waals surface area contributed by atoms with Crippen LogP contribution < -0.4 is 5.32 Å². The average molecular weight is 355 g/mol. The Morgan fingerprint density at radius 2 is 2.08 bits per heavy atom. The van der Waals surface area contributed by atoms with Gasteiger partial charge in [0.15, 0.2) is 0 Å². The van der Waals surface area contributed by atoms with E-state index in [9.17, 15) is 14.9 Å². The first kappa shape index (κ1) is 18.7. The minimum atomic E-state index is -0.421. The first-order valence-electron chi connectivity index (χ1n) is 7.80. The van der Waals surface area contributed by atoms with Gasteiger partial charge in [0.2, 0.25) is 6.41 Å². The van der Waals surface area contributed by atoms with Crippen molar-refractivity contribution in [3.63, 3.8) is 0 Å². The molecule has 0 aromatic heterocycles. The third-order valence-electron chi connectivity index (χ3n) is 3.43. The molecule has 132 valence electrons. The number of hydroxylamine groups is 1. The molecular formula is C15H21N3O5S. The molecule has 0 radical (unpaired) electrons. The number of benzene rings is 1. The summed E-state index contributed by atoms with van der Waals surface area (Å²) >= 11 is 1.39. The summed E-state index contributed by atoms with van der Waals surface area (Å²) in [5, 5.41) is 13.3. The van der Waals surface area contributed by atoms with Crippen molar-refractivity contribution >= 4 is 24.0 Å². The summed E-state index contributed by atoms with van der Waals surface area (Å²) in [4.78, 5) is 27.5. The number of carbonyl (C=O) groups is 1. The number of carbonyl (C=O) groups excluding carboxylic acids is 1. The molecule has 0 unspecified atom stereocenters. The van der Waals surface area contributed by atoms with Gasteiger partial charge in [-0.25, -0.2) is 0 Å².